The summed E-state index contributed by atoms with van der Waals surface area (Å²) in [6.07, 6.45) is 9.54. The standard InChI is InChI=1S/C14H23N3O2/c1-18-14-13(16-8-9-17-14)11-19-10-4-6-12-5-2-3-7-15-12/h8-9,12,15H,2-7,10-11H2,1H3. The van der Waals surface area contributed by atoms with Crippen molar-refractivity contribution in [2.45, 2.75) is 44.8 Å². The quantitative estimate of drug-likeness (QED) is 0.763. The summed E-state index contributed by atoms with van der Waals surface area (Å²) in [6, 6.07) is 0.684. The van der Waals surface area contributed by atoms with Crippen LogP contribution in [0.25, 0.3) is 0 Å². The van der Waals surface area contributed by atoms with Crippen molar-refractivity contribution in [2.75, 3.05) is 20.3 Å². The smallest absolute Gasteiger partial charge is 0.237 e. The van der Waals surface area contributed by atoms with Gasteiger partial charge in [-0.05, 0) is 32.2 Å². The van der Waals surface area contributed by atoms with Crippen LogP contribution in [0, 0.1) is 0 Å². The molecule has 0 bridgehead atoms. The van der Waals surface area contributed by atoms with Crippen LogP contribution in [0.2, 0.25) is 0 Å². The molecule has 5 heteroatoms. The first-order valence-electron chi connectivity index (χ1n) is 7.05. The number of ether oxygens (including phenoxy) is 2. The Morgan fingerprint density at radius 1 is 1.32 bits per heavy atom. The van der Waals surface area contributed by atoms with Gasteiger partial charge in [0.05, 0.1) is 13.7 Å². The van der Waals surface area contributed by atoms with Gasteiger partial charge in [0.25, 0.3) is 0 Å². The van der Waals surface area contributed by atoms with E-state index in [1.807, 2.05) is 0 Å². The predicted molar refractivity (Wildman–Crippen MR) is 73.1 cm³/mol. The zero-order chi connectivity index (χ0) is 13.3. The van der Waals surface area contributed by atoms with E-state index in [1.165, 1.54) is 32.2 Å². The Bertz CT molecular complexity index is 367. The number of nitrogens with one attached hydrogen (secondary N) is 1. The van der Waals surface area contributed by atoms with Crippen molar-refractivity contribution >= 4 is 0 Å². The molecule has 0 aliphatic carbocycles. The average Bonchev–Trinajstić information content (AvgIpc) is 2.48. The third-order valence-electron chi connectivity index (χ3n) is 3.42. The monoisotopic (exact) mass is 265 g/mol. The van der Waals surface area contributed by atoms with Gasteiger partial charge in [-0.25, -0.2) is 4.98 Å². The van der Waals surface area contributed by atoms with Gasteiger partial charge in [0.1, 0.15) is 5.69 Å². The van der Waals surface area contributed by atoms with Gasteiger partial charge in [0.2, 0.25) is 5.88 Å². The number of hydrogen-bond acceptors (Lipinski definition) is 5. The van der Waals surface area contributed by atoms with E-state index in [9.17, 15) is 0 Å². The maximum absolute atomic E-state index is 5.64. The molecule has 0 spiro atoms. The summed E-state index contributed by atoms with van der Waals surface area (Å²) >= 11 is 0. The van der Waals surface area contributed by atoms with E-state index in [0.717, 1.165) is 18.7 Å². The minimum absolute atomic E-state index is 0.467. The Labute approximate surface area is 114 Å². The lowest BCUT2D eigenvalue weighted by Gasteiger charge is -2.23. The third-order valence-corrected chi connectivity index (χ3v) is 3.42. The molecule has 0 radical (unpaired) electrons. The second-order valence-corrected chi connectivity index (χ2v) is 4.85. The van der Waals surface area contributed by atoms with Crippen LogP contribution in [-0.4, -0.2) is 36.3 Å². The second-order valence-electron chi connectivity index (χ2n) is 4.85. The van der Waals surface area contributed by atoms with E-state index in [4.69, 9.17) is 9.47 Å². The fourth-order valence-corrected chi connectivity index (χ4v) is 2.39. The van der Waals surface area contributed by atoms with E-state index in [1.54, 1.807) is 19.5 Å². The van der Waals surface area contributed by atoms with Gasteiger partial charge < -0.3 is 14.8 Å². The van der Waals surface area contributed by atoms with Gasteiger partial charge in [-0.1, -0.05) is 6.42 Å². The topological polar surface area (TPSA) is 56.3 Å². The van der Waals surface area contributed by atoms with Crippen molar-refractivity contribution in [1.82, 2.24) is 15.3 Å². The molecule has 0 saturated carbocycles. The minimum Gasteiger partial charge on any atom is -0.480 e. The van der Waals surface area contributed by atoms with E-state index in [0.29, 0.717) is 18.5 Å². The number of methoxy groups -OCH3 is 1. The minimum atomic E-state index is 0.467. The van der Waals surface area contributed by atoms with Crippen LogP contribution in [0.5, 0.6) is 5.88 Å². The van der Waals surface area contributed by atoms with Crippen LogP contribution in [0.4, 0.5) is 0 Å². The first kappa shape index (κ1) is 14.2. The summed E-state index contributed by atoms with van der Waals surface area (Å²) in [5, 5.41) is 3.55. The van der Waals surface area contributed by atoms with Crippen LogP contribution < -0.4 is 10.1 Å². The lowest BCUT2D eigenvalue weighted by molar-refractivity contribution is 0.109. The molecular formula is C14H23N3O2. The summed E-state index contributed by atoms with van der Waals surface area (Å²) in [6.45, 7) is 2.40. The molecule has 1 fully saturated rings. The van der Waals surface area contributed by atoms with Crippen LogP contribution in [-0.2, 0) is 11.3 Å². The molecule has 19 heavy (non-hydrogen) atoms. The molecule has 5 nitrogen and oxygen atoms in total. The normalized spacial score (nSPS) is 19.3. The van der Waals surface area contributed by atoms with Gasteiger partial charge in [-0.2, -0.15) is 0 Å². The molecule has 1 aliphatic heterocycles. The molecule has 1 aliphatic rings. The SMILES string of the molecule is COc1nccnc1COCCCC1CCCCN1. The fraction of sp³-hybridized carbons (Fsp3) is 0.714. The van der Waals surface area contributed by atoms with Crippen molar-refractivity contribution in [3.8, 4) is 5.88 Å². The zero-order valence-corrected chi connectivity index (χ0v) is 11.6. The first-order chi connectivity index (χ1) is 9.40. The van der Waals surface area contributed by atoms with Crippen LogP contribution >= 0.6 is 0 Å². The third kappa shape index (κ3) is 4.76. The Kier molecular flexibility index (Phi) is 6.04. The Balaban J connectivity index is 1.61. The van der Waals surface area contributed by atoms with Crippen LogP contribution in [0.3, 0.4) is 0 Å². The molecule has 1 N–H and O–H groups in total. The Morgan fingerprint density at radius 2 is 2.21 bits per heavy atom. The van der Waals surface area contributed by atoms with E-state index in [-0.39, 0.29) is 0 Å². The number of hydrogen-bond donors (Lipinski definition) is 1. The molecule has 0 amide bonds. The molecule has 0 aromatic carbocycles. The molecule has 1 aromatic rings. The van der Waals surface area contributed by atoms with Gasteiger partial charge in [-0.3, -0.25) is 4.98 Å². The van der Waals surface area contributed by atoms with Crippen molar-refractivity contribution < 1.29 is 9.47 Å². The number of rotatable bonds is 7. The lowest BCUT2D eigenvalue weighted by atomic mass is 10.0. The van der Waals surface area contributed by atoms with Crippen LogP contribution in [0.1, 0.15) is 37.8 Å². The van der Waals surface area contributed by atoms with Crippen molar-refractivity contribution in [2.24, 2.45) is 0 Å². The highest BCUT2D eigenvalue weighted by atomic mass is 16.5. The van der Waals surface area contributed by atoms with Crippen molar-refractivity contribution in [3.05, 3.63) is 18.1 Å². The summed E-state index contributed by atoms with van der Waals surface area (Å²) in [5.41, 5.74) is 0.765. The number of nitrogens with zero attached hydrogens (tertiary/aromatic N) is 2. The molecule has 106 valence electrons. The Morgan fingerprint density at radius 3 is 3.00 bits per heavy atom. The maximum Gasteiger partial charge on any atom is 0.237 e. The summed E-state index contributed by atoms with van der Waals surface area (Å²) in [5.74, 6) is 0.552. The van der Waals surface area contributed by atoms with Crippen molar-refractivity contribution in [3.63, 3.8) is 0 Å². The lowest BCUT2D eigenvalue weighted by Crippen LogP contribution is -2.33. The summed E-state index contributed by atoms with van der Waals surface area (Å²) in [7, 11) is 1.60. The average molecular weight is 265 g/mol. The van der Waals surface area contributed by atoms with Gasteiger partial charge in [-0.15, -0.1) is 0 Å². The number of piperidine rings is 1. The summed E-state index contributed by atoms with van der Waals surface area (Å²) < 4.78 is 10.8. The van der Waals surface area contributed by atoms with Crippen LogP contribution in [0.15, 0.2) is 12.4 Å². The highest BCUT2D eigenvalue weighted by Crippen LogP contribution is 2.13. The Hall–Kier alpha value is -1.20. The first-order valence-corrected chi connectivity index (χ1v) is 7.05. The zero-order valence-electron chi connectivity index (χ0n) is 11.6. The van der Waals surface area contributed by atoms with Crippen molar-refractivity contribution in [1.29, 1.82) is 0 Å². The molecule has 2 rings (SSSR count). The predicted octanol–water partition coefficient (Wildman–Crippen LogP) is 1.92. The largest absolute Gasteiger partial charge is 0.480 e. The summed E-state index contributed by atoms with van der Waals surface area (Å²) in [4.78, 5) is 8.31. The molecule has 1 saturated heterocycles. The van der Waals surface area contributed by atoms with E-state index in [2.05, 4.69) is 15.3 Å². The molecule has 1 aromatic heterocycles. The van der Waals surface area contributed by atoms with Gasteiger partial charge in [0, 0.05) is 25.0 Å². The molecule has 1 unspecified atom stereocenters. The van der Waals surface area contributed by atoms with E-state index < -0.39 is 0 Å². The highest BCUT2D eigenvalue weighted by Gasteiger charge is 2.11. The fourth-order valence-electron chi connectivity index (χ4n) is 2.39. The van der Waals surface area contributed by atoms with Gasteiger partial charge in [0.15, 0.2) is 0 Å². The van der Waals surface area contributed by atoms with Gasteiger partial charge >= 0.3 is 0 Å². The molecule has 1 atom stereocenters. The molecular weight excluding hydrogens is 242 g/mol. The second kappa shape index (κ2) is 8.07. The molecule has 2 heterocycles. The maximum atomic E-state index is 5.64. The highest BCUT2D eigenvalue weighted by molar-refractivity contribution is 5.15. The van der Waals surface area contributed by atoms with E-state index >= 15 is 0 Å². The number of aromatic nitrogens is 2.